The second-order valence-corrected chi connectivity index (χ2v) is 4.63. The van der Waals surface area contributed by atoms with Crippen LogP contribution < -0.4 is 5.43 Å². The van der Waals surface area contributed by atoms with Crippen LogP contribution in [0, 0.1) is 17.4 Å². The van der Waals surface area contributed by atoms with Gasteiger partial charge in [-0.3, -0.25) is 4.79 Å². The summed E-state index contributed by atoms with van der Waals surface area (Å²) in [4.78, 5) is 15.0. The van der Waals surface area contributed by atoms with Crippen molar-refractivity contribution >= 4 is 33.5 Å². The zero-order valence-electron chi connectivity index (χ0n) is 8.02. The van der Waals surface area contributed by atoms with Crippen molar-refractivity contribution in [1.82, 2.24) is 4.98 Å². The van der Waals surface area contributed by atoms with E-state index in [0.717, 1.165) is 20.0 Å². The third-order valence-electron chi connectivity index (χ3n) is 2.28. The predicted molar refractivity (Wildman–Crippen MR) is 66.8 cm³/mol. The van der Waals surface area contributed by atoms with Crippen molar-refractivity contribution < 1.29 is 0 Å². The molecule has 0 aliphatic rings. The van der Waals surface area contributed by atoms with Gasteiger partial charge in [0, 0.05) is 17.1 Å². The molecule has 1 heterocycles. The van der Waals surface area contributed by atoms with E-state index >= 15 is 0 Å². The lowest BCUT2D eigenvalue weighted by Crippen LogP contribution is -2.08. The molecule has 0 saturated heterocycles. The van der Waals surface area contributed by atoms with Crippen LogP contribution in [0.15, 0.2) is 23.1 Å². The molecule has 0 amide bonds. The number of fused-ring (bicyclic) bond motifs is 1. The highest BCUT2D eigenvalue weighted by molar-refractivity contribution is 14.1. The molecule has 1 N–H and O–H groups in total. The molecule has 0 aliphatic carbocycles. The number of benzene rings is 1. The van der Waals surface area contributed by atoms with Crippen molar-refractivity contribution in [3.05, 3.63) is 43.2 Å². The molecule has 0 atom stereocenters. The number of aromatic amines is 1. The first-order chi connectivity index (χ1) is 6.59. The van der Waals surface area contributed by atoms with Crippen molar-refractivity contribution in [1.29, 1.82) is 0 Å². The van der Waals surface area contributed by atoms with Gasteiger partial charge in [0.25, 0.3) is 0 Å². The topological polar surface area (TPSA) is 32.9 Å². The highest BCUT2D eigenvalue weighted by Gasteiger charge is 2.05. The summed E-state index contributed by atoms with van der Waals surface area (Å²) in [6.07, 6.45) is 1.75. The lowest BCUT2D eigenvalue weighted by Gasteiger charge is -2.03. The number of hydrogen-bond donors (Lipinski definition) is 1. The van der Waals surface area contributed by atoms with Crippen LogP contribution in [0.5, 0.6) is 0 Å². The number of halogens is 1. The lowest BCUT2D eigenvalue weighted by molar-refractivity contribution is 1.32. The summed E-state index contributed by atoms with van der Waals surface area (Å²) in [6.45, 7) is 4.00. The quantitative estimate of drug-likeness (QED) is 0.746. The van der Waals surface area contributed by atoms with E-state index in [1.165, 1.54) is 5.56 Å². The fourth-order valence-electron chi connectivity index (χ4n) is 1.71. The Hall–Kier alpha value is -0.840. The summed E-state index contributed by atoms with van der Waals surface area (Å²) in [5, 5.41) is 0.808. The van der Waals surface area contributed by atoms with E-state index in [1.54, 1.807) is 6.20 Å². The molecular weight excluding hydrogens is 289 g/mol. The van der Waals surface area contributed by atoms with Crippen LogP contribution in [-0.2, 0) is 0 Å². The molecule has 1 aromatic heterocycles. The monoisotopic (exact) mass is 299 g/mol. The van der Waals surface area contributed by atoms with Crippen molar-refractivity contribution in [2.45, 2.75) is 13.8 Å². The van der Waals surface area contributed by atoms with Crippen molar-refractivity contribution in [3.8, 4) is 0 Å². The van der Waals surface area contributed by atoms with Gasteiger partial charge in [-0.1, -0.05) is 6.07 Å². The zero-order valence-corrected chi connectivity index (χ0v) is 10.2. The SMILES string of the molecule is Cc1cc(C)c2c(=O)c(I)c[nH]c2c1. The first kappa shape index (κ1) is 9.71. The van der Waals surface area contributed by atoms with Crippen molar-refractivity contribution in [2.24, 2.45) is 0 Å². The fourth-order valence-corrected chi connectivity index (χ4v) is 2.13. The summed E-state index contributed by atoms with van der Waals surface area (Å²) >= 11 is 2.05. The molecule has 2 rings (SSSR count). The molecule has 1 aromatic carbocycles. The lowest BCUT2D eigenvalue weighted by atomic mass is 10.1. The van der Waals surface area contributed by atoms with E-state index in [1.807, 2.05) is 26.0 Å². The van der Waals surface area contributed by atoms with Crippen LogP contribution >= 0.6 is 22.6 Å². The standard InChI is InChI=1S/C11H10INO/c1-6-3-7(2)10-9(4-6)13-5-8(12)11(10)14/h3-5H,1-2H3,(H,13,14). The maximum Gasteiger partial charge on any atom is 0.202 e. The minimum absolute atomic E-state index is 0.122. The van der Waals surface area contributed by atoms with Gasteiger partial charge in [0.05, 0.1) is 3.57 Å². The van der Waals surface area contributed by atoms with E-state index < -0.39 is 0 Å². The summed E-state index contributed by atoms with van der Waals surface area (Å²) in [6, 6.07) is 4.04. The molecule has 0 radical (unpaired) electrons. The zero-order chi connectivity index (χ0) is 10.3. The first-order valence-electron chi connectivity index (χ1n) is 4.38. The molecule has 0 aliphatic heterocycles. The molecule has 0 saturated carbocycles. The molecule has 0 fully saturated rings. The van der Waals surface area contributed by atoms with Crippen LogP contribution in [0.1, 0.15) is 11.1 Å². The highest BCUT2D eigenvalue weighted by Crippen LogP contribution is 2.16. The third-order valence-corrected chi connectivity index (χ3v) is 3.08. The van der Waals surface area contributed by atoms with Gasteiger partial charge in [-0.25, -0.2) is 0 Å². The van der Waals surface area contributed by atoms with E-state index in [9.17, 15) is 4.79 Å². The van der Waals surface area contributed by atoms with Gasteiger partial charge >= 0.3 is 0 Å². The normalized spacial score (nSPS) is 10.8. The summed E-state index contributed by atoms with van der Waals surface area (Å²) in [5.74, 6) is 0. The maximum absolute atomic E-state index is 11.8. The average Bonchev–Trinajstić information content (AvgIpc) is 2.10. The molecule has 0 bridgehead atoms. The van der Waals surface area contributed by atoms with Crippen LogP contribution in [-0.4, -0.2) is 4.98 Å². The van der Waals surface area contributed by atoms with Crippen molar-refractivity contribution in [3.63, 3.8) is 0 Å². The molecule has 0 unspecified atom stereocenters. The second-order valence-electron chi connectivity index (χ2n) is 3.47. The Morgan fingerprint density at radius 2 is 2.00 bits per heavy atom. The summed E-state index contributed by atoms with van der Waals surface area (Å²) in [7, 11) is 0. The molecule has 2 nitrogen and oxygen atoms in total. The van der Waals surface area contributed by atoms with Crippen LogP contribution in [0.2, 0.25) is 0 Å². The van der Waals surface area contributed by atoms with Gasteiger partial charge in [-0.15, -0.1) is 0 Å². The first-order valence-corrected chi connectivity index (χ1v) is 5.45. The smallest absolute Gasteiger partial charge is 0.202 e. The third kappa shape index (κ3) is 1.45. The number of rotatable bonds is 0. The van der Waals surface area contributed by atoms with Crippen LogP contribution in [0.25, 0.3) is 10.9 Å². The Morgan fingerprint density at radius 3 is 2.71 bits per heavy atom. The van der Waals surface area contributed by atoms with E-state index in [0.29, 0.717) is 0 Å². The fraction of sp³-hybridized carbons (Fsp3) is 0.182. The summed E-state index contributed by atoms with van der Waals surface area (Å²) < 4.78 is 0.738. The van der Waals surface area contributed by atoms with Gasteiger partial charge < -0.3 is 4.98 Å². The summed E-state index contributed by atoms with van der Waals surface area (Å²) in [5.41, 5.74) is 3.26. The van der Waals surface area contributed by atoms with E-state index in [4.69, 9.17) is 0 Å². The van der Waals surface area contributed by atoms with Gasteiger partial charge in [0.1, 0.15) is 0 Å². The Morgan fingerprint density at radius 1 is 1.29 bits per heavy atom. The van der Waals surface area contributed by atoms with Crippen LogP contribution in [0.3, 0.4) is 0 Å². The second kappa shape index (κ2) is 3.38. The number of nitrogens with one attached hydrogen (secondary N) is 1. The van der Waals surface area contributed by atoms with Gasteiger partial charge in [-0.05, 0) is 53.6 Å². The predicted octanol–water partition coefficient (Wildman–Crippen LogP) is 2.75. The van der Waals surface area contributed by atoms with Gasteiger partial charge in [-0.2, -0.15) is 0 Å². The van der Waals surface area contributed by atoms with Crippen molar-refractivity contribution in [2.75, 3.05) is 0 Å². The molecule has 72 valence electrons. The Bertz CT molecular complexity index is 557. The average molecular weight is 299 g/mol. The van der Waals surface area contributed by atoms with E-state index in [2.05, 4.69) is 27.6 Å². The number of pyridine rings is 1. The maximum atomic E-state index is 11.8. The number of aromatic nitrogens is 1. The van der Waals surface area contributed by atoms with Crippen LogP contribution in [0.4, 0.5) is 0 Å². The highest BCUT2D eigenvalue weighted by atomic mass is 127. The molecular formula is C11H10INO. The number of hydrogen-bond acceptors (Lipinski definition) is 1. The molecule has 2 aromatic rings. The molecule has 14 heavy (non-hydrogen) atoms. The minimum atomic E-state index is 0.122. The molecule has 3 heteroatoms. The minimum Gasteiger partial charge on any atom is -0.360 e. The van der Waals surface area contributed by atoms with E-state index in [-0.39, 0.29) is 5.43 Å². The Labute approximate surface area is 95.5 Å². The Kier molecular flexibility index (Phi) is 2.34. The van der Waals surface area contributed by atoms with Gasteiger partial charge in [0.2, 0.25) is 5.43 Å². The molecule has 0 spiro atoms. The largest absolute Gasteiger partial charge is 0.360 e. The number of aryl methyl sites for hydroxylation is 2. The number of H-pyrrole nitrogens is 1. The Balaban J connectivity index is 3.03. The van der Waals surface area contributed by atoms with Gasteiger partial charge in [0.15, 0.2) is 0 Å².